The van der Waals surface area contributed by atoms with Gasteiger partial charge in [-0.15, -0.1) is 0 Å². The molecule has 1 aliphatic carbocycles. The van der Waals surface area contributed by atoms with Crippen molar-refractivity contribution < 1.29 is 19.1 Å². The Balaban J connectivity index is 1.64. The van der Waals surface area contributed by atoms with Crippen molar-refractivity contribution in [3.05, 3.63) is 47.5 Å². The third-order valence-electron chi connectivity index (χ3n) is 4.24. The van der Waals surface area contributed by atoms with E-state index in [4.69, 9.17) is 4.74 Å². The van der Waals surface area contributed by atoms with Crippen molar-refractivity contribution in [1.29, 1.82) is 0 Å². The van der Waals surface area contributed by atoms with Crippen LogP contribution in [0.3, 0.4) is 0 Å². The van der Waals surface area contributed by atoms with E-state index in [1.807, 2.05) is 0 Å². The first-order chi connectivity index (χ1) is 12.6. The number of rotatable bonds is 8. The molecule has 26 heavy (non-hydrogen) atoms. The summed E-state index contributed by atoms with van der Waals surface area (Å²) in [5, 5.41) is 5.26. The van der Waals surface area contributed by atoms with Crippen molar-refractivity contribution in [2.45, 2.75) is 45.1 Å². The van der Waals surface area contributed by atoms with Crippen molar-refractivity contribution in [3.8, 4) is 0 Å². The summed E-state index contributed by atoms with van der Waals surface area (Å²) in [6.45, 7) is 1.78. The number of esters is 1. The van der Waals surface area contributed by atoms with Crippen LogP contribution in [-0.4, -0.2) is 37.0 Å². The van der Waals surface area contributed by atoms with Crippen LogP contribution in [0.2, 0.25) is 0 Å². The minimum atomic E-state index is -0.892. The van der Waals surface area contributed by atoms with Gasteiger partial charge in [-0.3, -0.25) is 14.4 Å². The first-order valence-electron chi connectivity index (χ1n) is 9.04. The molecule has 6 nitrogen and oxygen atoms in total. The maximum absolute atomic E-state index is 12.0. The minimum Gasteiger partial charge on any atom is -0.451 e. The topological polar surface area (TPSA) is 84.5 Å². The second kappa shape index (κ2) is 10.4. The second-order valence-electron chi connectivity index (χ2n) is 6.33. The summed E-state index contributed by atoms with van der Waals surface area (Å²) in [5.41, 5.74) is 1.84. The summed E-state index contributed by atoms with van der Waals surface area (Å²) in [6, 6.07) is 8.58. The van der Waals surface area contributed by atoms with E-state index in [1.54, 1.807) is 30.3 Å². The maximum Gasteiger partial charge on any atom is 0.326 e. The van der Waals surface area contributed by atoms with E-state index in [0.717, 1.165) is 19.3 Å². The van der Waals surface area contributed by atoms with Crippen LogP contribution in [-0.2, 0) is 14.3 Å². The molecule has 0 aromatic heterocycles. The molecule has 0 saturated carbocycles. The minimum absolute atomic E-state index is 0.280. The summed E-state index contributed by atoms with van der Waals surface area (Å²) >= 11 is 0. The Hall–Kier alpha value is -2.63. The standard InChI is InChI=1S/C20H26N2O4/c1-15(19(24)21-13-12-16-8-4-2-5-9-16)26-18(23)14-22-20(25)17-10-6-3-7-11-17/h3,6-8,10-11,15H,2,4-5,9,12-14H2,1H3,(H,21,24)(H,22,25)/t15-/m0/s1. The number of amides is 2. The van der Waals surface area contributed by atoms with Crippen LogP contribution in [0.4, 0.5) is 0 Å². The van der Waals surface area contributed by atoms with Crippen molar-refractivity contribution in [2.24, 2.45) is 0 Å². The van der Waals surface area contributed by atoms with E-state index >= 15 is 0 Å². The highest BCUT2D eigenvalue weighted by atomic mass is 16.5. The zero-order valence-corrected chi connectivity index (χ0v) is 15.1. The molecule has 2 amide bonds. The Morgan fingerprint density at radius 1 is 1.12 bits per heavy atom. The Kier molecular flexibility index (Phi) is 7.86. The molecule has 0 radical (unpaired) electrons. The third kappa shape index (κ3) is 6.70. The average Bonchev–Trinajstić information content (AvgIpc) is 2.67. The van der Waals surface area contributed by atoms with Gasteiger partial charge in [-0.25, -0.2) is 0 Å². The van der Waals surface area contributed by atoms with Gasteiger partial charge in [0.2, 0.25) is 0 Å². The van der Waals surface area contributed by atoms with Gasteiger partial charge in [0.25, 0.3) is 11.8 Å². The first-order valence-corrected chi connectivity index (χ1v) is 9.04. The highest BCUT2D eigenvalue weighted by Gasteiger charge is 2.18. The summed E-state index contributed by atoms with van der Waals surface area (Å²) in [6.07, 6.45) is 6.85. The van der Waals surface area contributed by atoms with Crippen molar-refractivity contribution in [2.75, 3.05) is 13.1 Å². The van der Waals surface area contributed by atoms with Gasteiger partial charge in [-0.2, -0.15) is 0 Å². The van der Waals surface area contributed by atoms with E-state index in [0.29, 0.717) is 12.1 Å². The van der Waals surface area contributed by atoms with Gasteiger partial charge in [0.05, 0.1) is 0 Å². The molecule has 0 heterocycles. The van der Waals surface area contributed by atoms with Crippen LogP contribution < -0.4 is 10.6 Å². The second-order valence-corrected chi connectivity index (χ2v) is 6.33. The fourth-order valence-corrected chi connectivity index (χ4v) is 2.76. The lowest BCUT2D eigenvalue weighted by atomic mass is 9.97. The van der Waals surface area contributed by atoms with Crippen LogP contribution >= 0.6 is 0 Å². The number of benzene rings is 1. The summed E-state index contributed by atoms with van der Waals surface area (Å²) in [5.74, 6) is -1.34. The maximum atomic E-state index is 12.0. The predicted octanol–water partition coefficient (Wildman–Crippen LogP) is 2.35. The van der Waals surface area contributed by atoms with Gasteiger partial charge in [0.15, 0.2) is 6.10 Å². The lowest BCUT2D eigenvalue weighted by Gasteiger charge is -2.15. The van der Waals surface area contributed by atoms with Gasteiger partial charge in [-0.05, 0) is 51.2 Å². The Bertz CT molecular complexity index is 655. The van der Waals surface area contributed by atoms with E-state index < -0.39 is 12.1 Å². The largest absolute Gasteiger partial charge is 0.451 e. The monoisotopic (exact) mass is 358 g/mol. The highest BCUT2D eigenvalue weighted by Crippen LogP contribution is 2.19. The Morgan fingerprint density at radius 2 is 1.88 bits per heavy atom. The number of allylic oxidation sites excluding steroid dienone is 1. The van der Waals surface area contributed by atoms with Gasteiger partial charge in [0.1, 0.15) is 6.54 Å². The van der Waals surface area contributed by atoms with Crippen LogP contribution in [0, 0.1) is 0 Å². The highest BCUT2D eigenvalue weighted by molar-refractivity contribution is 5.96. The van der Waals surface area contributed by atoms with E-state index in [9.17, 15) is 14.4 Å². The van der Waals surface area contributed by atoms with Crippen LogP contribution in [0.1, 0.15) is 49.4 Å². The molecule has 0 unspecified atom stereocenters. The Labute approximate surface area is 154 Å². The molecule has 0 saturated heterocycles. The van der Waals surface area contributed by atoms with Gasteiger partial charge < -0.3 is 15.4 Å². The smallest absolute Gasteiger partial charge is 0.326 e. The van der Waals surface area contributed by atoms with Gasteiger partial charge in [-0.1, -0.05) is 29.8 Å². The molecule has 1 aromatic rings. The van der Waals surface area contributed by atoms with Gasteiger partial charge >= 0.3 is 5.97 Å². The molecule has 1 atom stereocenters. The number of ether oxygens (including phenoxy) is 1. The normalized spacial score (nSPS) is 14.7. The lowest BCUT2D eigenvalue weighted by molar-refractivity contribution is -0.153. The molecule has 0 spiro atoms. The first kappa shape index (κ1) is 19.7. The van der Waals surface area contributed by atoms with Crippen LogP contribution in [0.25, 0.3) is 0 Å². The number of hydrogen-bond donors (Lipinski definition) is 2. The molecule has 2 N–H and O–H groups in total. The summed E-state index contributed by atoms with van der Waals surface area (Å²) in [4.78, 5) is 35.6. The molecule has 1 aromatic carbocycles. The molecule has 1 aliphatic rings. The SMILES string of the molecule is C[C@H](OC(=O)CNC(=O)c1ccccc1)C(=O)NCCC1=CCCCC1. The zero-order chi connectivity index (χ0) is 18.8. The van der Waals surface area contributed by atoms with Gasteiger partial charge in [0, 0.05) is 12.1 Å². The average molecular weight is 358 g/mol. The molecule has 2 rings (SSSR count). The zero-order valence-electron chi connectivity index (χ0n) is 15.1. The van der Waals surface area contributed by atoms with E-state index in [-0.39, 0.29) is 18.4 Å². The summed E-state index contributed by atoms with van der Waals surface area (Å²) < 4.78 is 5.06. The van der Waals surface area contributed by atoms with E-state index in [2.05, 4.69) is 16.7 Å². The third-order valence-corrected chi connectivity index (χ3v) is 4.24. The van der Waals surface area contributed by atoms with Crippen LogP contribution in [0.5, 0.6) is 0 Å². The summed E-state index contributed by atoms with van der Waals surface area (Å²) in [7, 11) is 0. The lowest BCUT2D eigenvalue weighted by Crippen LogP contribution is -2.39. The Morgan fingerprint density at radius 3 is 2.58 bits per heavy atom. The molecule has 6 heteroatoms. The number of carbonyl (C=O) groups excluding carboxylic acids is 3. The number of carbonyl (C=O) groups is 3. The number of hydrogen-bond acceptors (Lipinski definition) is 4. The molecular weight excluding hydrogens is 332 g/mol. The fraction of sp³-hybridized carbons (Fsp3) is 0.450. The molecule has 0 bridgehead atoms. The van der Waals surface area contributed by atoms with Crippen molar-refractivity contribution >= 4 is 17.8 Å². The van der Waals surface area contributed by atoms with Crippen LogP contribution in [0.15, 0.2) is 42.0 Å². The quantitative estimate of drug-likeness (QED) is 0.552. The molecule has 0 fully saturated rings. The molecule has 0 aliphatic heterocycles. The molecular formula is C20H26N2O4. The fourth-order valence-electron chi connectivity index (χ4n) is 2.76. The van der Waals surface area contributed by atoms with E-state index in [1.165, 1.54) is 25.3 Å². The van der Waals surface area contributed by atoms with Crippen molar-refractivity contribution in [3.63, 3.8) is 0 Å². The number of nitrogens with one attached hydrogen (secondary N) is 2. The predicted molar refractivity (Wildman–Crippen MR) is 98.5 cm³/mol. The van der Waals surface area contributed by atoms with Crippen molar-refractivity contribution in [1.82, 2.24) is 10.6 Å². The molecule has 140 valence electrons.